The summed E-state index contributed by atoms with van der Waals surface area (Å²) in [6.07, 6.45) is 1.07. The van der Waals surface area contributed by atoms with Gasteiger partial charge in [0.05, 0.1) is 18.5 Å². The molecule has 122 valence electrons. The number of carbonyl (C=O) groups excluding carboxylic acids is 1. The monoisotopic (exact) mass is 350 g/mol. The Morgan fingerprint density at radius 2 is 1.70 bits per heavy atom. The molecule has 0 atom stereocenters. The van der Waals surface area contributed by atoms with E-state index in [1.54, 1.807) is 6.07 Å². The standard InChI is InChI=1S/C16H18N2O3S2/c1-18(23(2,20)21)12-16(19)17-14-10-6-7-11-15(14)22-13-8-4-3-5-9-13/h3-11H,12H2,1-2H3,(H,17,19). The van der Waals surface area contributed by atoms with Crippen molar-refractivity contribution in [2.75, 3.05) is 25.2 Å². The van der Waals surface area contributed by atoms with Crippen molar-refractivity contribution in [3.8, 4) is 0 Å². The highest BCUT2D eigenvalue weighted by molar-refractivity contribution is 7.99. The van der Waals surface area contributed by atoms with Gasteiger partial charge in [-0.15, -0.1) is 0 Å². The molecule has 0 aliphatic heterocycles. The van der Waals surface area contributed by atoms with E-state index >= 15 is 0 Å². The van der Waals surface area contributed by atoms with Crippen molar-refractivity contribution in [3.63, 3.8) is 0 Å². The van der Waals surface area contributed by atoms with Gasteiger partial charge in [0.15, 0.2) is 0 Å². The van der Waals surface area contributed by atoms with E-state index in [9.17, 15) is 13.2 Å². The normalized spacial score (nSPS) is 11.4. The van der Waals surface area contributed by atoms with Crippen LogP contribution in [0.2, 0.25) is 0 Å². The number of amides is 1. The summed E-state index contributed by atoms with van der Waals surface area (Å²) in [7, 11) is -2.01. The Morgan fingerprint density at radius 1 is 1.09 bits per heavy atom. The fraction of sp³-hybridized carbons (Fsp3) is 0.188. The summed E-state index contributed by atoms with van der Waals surface area (Å²) < 4.78 is 23.7. The Labute approximate surface area is 140 Å². The van der Waals surface area contributed by atoms with E-state index in [0.717, 1.165) is 20.4 Å². The lowest BCUT2D eigenvalue weighted by molar-refractivity contribution is -0.116. The predicted molar refractivity (Wildman–Crippen MR) is 93.1 cm³/mol. The van der Waals surface area contributed by atoms with Crippen LogP contribution in [0.4, 0.5) is 5.69 Å². The van der Waals surface area contributed by atoms with Gasteiger partial charge in [-0.2, -0.15) is 4.31 Å². The van der Waals surface area contributed by atoms with Crippen molar-refractivity contribution in [2.45, 2.75) is 9.79 Å². The molecule has 2 aromatic carbocycles. The highest BCUT2D eigenvalue weighted by atomic mass is 32.2. The molecule has 0 aromatic heterocycles. The van der Waals surface area contributed by atoms with Crippen LogP contribution >= 0.6 is 11.8 Å². The Hall–Kier alpha value is -1.83. The van der Waals surface area contributed by atoms with Crippen LogP contribution < -0.4 is 5.32 Å². The molecular weight excluding hydrogens is 332 g/mol. The first-order valence-corrected chi connectivity index (χ1v) is 9.56. The van der Waals surface area contributed by atoms with Gasteiger partial charge in [0, 0.05) is 16.8 Å². The molecule has 0 heterocycles. The minimum Gasteiger partial charge on any atom is -0.324 e. The van der Waals surface area contributed by atoms with Gasteiger partial charge < -0.3 is 5.32 Å². The Morgan fingerprint density at radius 3 is 2.35 bits per heavy atom. The van der Waals surface area contributed by atoms with Gasteiger partial charge in [-0.3, -0.25) is 4.79 Å². The van der Waals surface area contributed by atoms with Gasteiger partial charge in [0.1, 0.15) is 0 Å². The van der Waals surface area contributed by atoms with Crippen molar-refractivity contribution in [1.82, 2.24) is 4.31 Å². The summed E-state index contributed by atoms with van der Waals surface area (Å²) in [6.45, 7) is -0.219. The first-order valence-electron chi connectivity index (χ1n) is 6.89. The fourth-order valence-corrected chi connectivity index (χ4v) is 3.06. The smallest absolute Gasteiger partial charge is 0.239 e. The first kappa shape index (κ1) is 17.5. The third-order valence-corrected chi connectivity index (χ3v) is 5.41. The highest BCUT2D eigenvalue weighted by Crippen LogP contribution is 2.33. The van der Waals surface area contributed by atoms with Crippen LogP contribution in [0.15, 0.2) is 64.4 Å². The highest BCUT2D eigenvalue weighted by Gasteiger charge is 2.16. The molecule has 1 N–H and O–H groups in total. The number of nitrogens with one attached hydrogen (secondary N) is 1. The molecule has 7 heteroatoms. The lowest BCUT2D eigenvalue weighted by atomic mass is 10.3. The van der Waals surface area contributed by atoms with Gasteiger partial charge >= 0.3 is 0 Å². The summed E-state index contributed by atoms with van der Waals surface area (Å²) in [4.78, 5) is 14.0. The zero-order valence-corrected chi connectivity index (χ0v) is 14.5. The molecule has 0 aliphatic carbocycles. The van der Waals surface area contributed by atoms with E-state index in [0.29, 0.717) is 5.69 Å². The van der Waals surface area contributed by atoms with Crippen LogP contribution in [0.1, 0.15) is 0 Å². The van der Waals surface area contributed by atoms with E-state index in [1.165, 1.54) is 18.8 Å². The molecule has 1 amide bonds. The average molecular weight is 350 g/mol. The minimum atomic E-state index is -3.38. The third kappa shape index (κ3) is 5.38. The minimum absolute atomic E-state index is 0.219. The number of sulfonamides is 1. The second-order valence-corrected chi connectivity index (χ2v) is 8.18. The van der Waals surface area contributed by atoms with Crippen LogP contribution in [0.3, 0.4) is 0 Å². The van der Waals surface area contributed by atoms with E-state index in [-0.39, 0.29) is 12.5 Å². The van der Waals surface area contributed by atoms with Crippen LogP contribution in [-0.2, 0) is 14.8 Å². The molecular formula is C16H18N2O3S2. The zero-order chi connectivity index (χ0) is 16.9. The van der Waals surface area contributed by atoms with E-state index in [1.807, 2.05) is 48.5 Å². The van der Waals surface area contributed by atoms with Crippen molar-refractivity contribution in [3.05, 3.63) is 54.6 Å². The van der Waals surface area contributed by atoms with Crippen molar-refractivity contribution >= 4 is 33.4 Å². The van der Waals surface area contributed by atoms with Crippen LogP contribution in [0.5, 0.6) is 0 Å². The number of hydrogen-bond acceptors (Lipinski definition) is 4. The molecule has 0 saturated heterocycles. The largest absolute Gasteiger partial charge is 0.324 e. The second kappa shape index (κ2) is 7.63. The van der Waals surface area contributed by atoms with Crippen molar-refractivity contribution < 1.29 is 13.2 Å². The zero-order valence-electron chi connectivity index (χ0n) is 12.9. The Kier molecular flexibility index (Phi) is 5.81. The maximum Gasteiger partial charge on any atom is 0.239 e. The SMILES string of the molecule is CN(CC(=O)Nc1ccccc1Sc1ccccc1)S(C)(=O)=O. The lowest BCUT2D eigenvalue weighted by Gasteiger charge is -2.15. The molecule has 0 spiro atoms. The van der Waals surface area contributed by atoms with E-state index in [2.05, 4.69) is 5.32 Å². The molecule has 23 heavy (non-hydrogen) atoms. The number of hydrogen-bond donors (Lipinski definition) is 1. The van der Waals surface area contributed by atoms with E-state index < -0.39 is 10.0 Å². The predicted octanol–water partition coefficient (Wildman–Crippen LogP) is 2.67. The molecule has 0 saturated carbocycles. The van der Waals surface area contributed by atoms with Gasteiger partial charge in [0.2, 0.25) is 15.9 Å². The Bertz CT molecular complexity index is 777. The number of carbonyl (C=O) groups is 1. The summed E-state index contributed by atoms with van der Waals surface area (Å²) >= 11 is 1.53. The van der Waals surface area contributed by atoms with Gasteiger partial charge in [-0.05, 0) is 24.3 Å². The van der Waals surface area contributed by atoms with Gasteiger partial charge in [-0.25, -0.2) is 8.42 Å². The fourth-order valence-electron chi connectivity index (χ4n) is 1.78. The Balaban J connectivity index is 2.10. The molecule has 5 nitrogen and oxygen atoms in total. The van der Waals surface area contributed by atoms with Crippen molar-refractivity contribution in [2.24, 2.45) is 0 Å². The average Bonchev–Trinajstić information content (AvgIpc) is 2.49. The maximum absolute atomic E-state index is 12.0. The number of anilines is 1. The molecule has 2 aromatic rings. The molecule has 0 bridgehead atoms. The van der Waals surface area contributed by atoms with E-state index in [4.69, 9.17) is 0 Å². The quantitative estimate of drug-likeness (QED) is 0.870. The summed E-state index contributed by atoms with van der Waals surface area (Å²) in [5.41, 5.74) is 0.660. The van der Waals surface area contributed by atoms with Gasteiger partial charge in [0.25, 0.3) is 0 Å². The number of benzene rings is 2. The van der Waals surface area contributed by atoms with Crippen molar-refractivity contribution in [1.29, 1.82) is 0 Å². The van der Waals surface area contributed by atoms with Crippen LogP contribution in [0, 0.1) is 0 Å². The maximum atomic E-state index is 12.0. The number of rotatable bonds is 6. The summed E-state index contributed by atoms with van der Waals surface area (Å²) in [6, 6.07) is 17.2. The third-order valence-electron chi connectivity index (χ3n) is 3.06. The van der Waals surface area contributed by atoms with Crippen LogP contribution in [-0.4, -0.2) is 38.5 Å². The molecule has 0 unspecified atom stereocenters. The number of para-hydroxylation sites is 1. The number of nitrogens with zero attached hydrogens (tertiary/aromatic N) is 1. The number of likely N-dealkylation sites (N-methyl/N-ethyl adjacent to an activating group) is 1. The van der Waals surface area contributed by atoms with Crippen LogP contribution in [0.25, 0.3) is 0 Å². The molecule has 0 radical (unpaired) electrons. The second-order valence-electron chi connectivity index (χ2n) is 4.98. The first-order chi connectivity index (χ1) is 10.9. The molecule has 2 rings (SSSR count). The molecule has 0 aliphatic rings. The summed E-state index contributed by atoms with van der Waals surface area (Å²) in [5, 5.41) is 2.77. The topological polar surface area (TPSA) is 66.5 Å². The summed E-state index contributed by atoms with van der Waals surface area (Å²) in [5.74, 6) is -0.376. The molecule has 0 fully saturated rings. The van der Waals surface area contributed by atoms with Gasteiger partial charge in [-0.1, -0.05) is 42.1 Å². The lowest BCUT2D eigenvalue weighted by Crippen LogP contribution is -2.34.